The smallest absolute Gasteiger partial charge is 0.127 e. The molecule has 0 unspecified atom stereocenters. The summed E-state index contributed by atoms with van der Waals surface area (Å²) in [5.41, 5.74) is 2.44. The second kappa shape index (κ2) is 5.58. The maximum Gasteiger partial charge on any atom is 0.127 e. The molecule has 0 bridgehead atoms. The van der Waals surface area contributed by atoms with E-state index in [9.17, 15) is 0 Å². The maximum absolute atomic E-state index is 8.96. The summed E-state index contributed by atoms with van der Waals surface area (Å²) in [6.45, 7) is 3.88. The molecule has 1 rings (SSSR count). The summed E-state index contributed by atoms with van der Waals surface area (Å²) in [5.74, 6) is 0.691. The summed E-state index contributed by atoms with van der Waals surface area (Å²) in [6.07, 6.45) is 0.617. The molecule has 0 aliphatic rings. The number of methoxy groups -OCH3 is 1. The monoisotopic (exact) mass is 235 g/mol. The molecule has 0 aromatic heterocycles. The lowest BCUT2D eigenvalue weighted by molar-refractivity contribution is 0.413. The third-order valence-corrected chi connectivity index (χ3v) is 2.78. The second-order valence-corrected chi connectivity index (χ2v) is 3.84. The second-order valence-electron chi connectivity index (χ2n) is 3.46. The number of benzene rings is 1. The Morgan fingerprint density at radius 2 is 2.19 bits per heavy atom. The Kier molecular flexibility index (Phi) is 4.39. The van der Waals surface area contributed by atoms with E-state index in [2.05, 4.69) is 6.07 Å². The van der Waals surface area contributed by atoms with Crippen molar-refractivity contribution >= 4 is 16.6 Å². The molecule has 1 aromatic carbocycles. The van der Waals surface area contributed by atoms with E-state index in [0.717, 1.165) is 11.1 Å². The van der Waals surface area contributed by atoms with Gasteiger partial charge in [0, 0.05) is 11.1 Å². The Hall–Kier alpha value is -1.46. The number of rotatable bonds is 3. The van der Waals surface area contributed by atoms with E-state index >= 15 is 0 Å². The number of nitrogens with zero attached hydrogens (tertiary/aromatic N) is 1. The first-order valence-electron chi connectivity index (χ1n) is 5.07. The van der Waals surface area contributed by atoms with Crippen LogP contribution in [0.2, 0.25) is 0 Å². The zero-order valence-corrected chi connectivity index (χ0v) is 10.4. The number of aryl methyl sites for hydroxylation is 1. The van der Waals surface area contributed by atoms with Crippen LogP contribution in [0.5, 0.6) is 5.75 Å². The average molecular weight is 236 g/mol. The van der Waals surface area contributed by atoms with Gasteiger partial charge in [-0.15, -0.1) is 0 Å². The number of hydrogen-bond donors (Lipinski definition) is 0. The van der Waals surface area contributed by atoms with Crippen LogP contribution in [0, 0.1) is 18.3 Å². The van der Waals surface area contributed by atoms with Crippen LogP contribution in [0.25, 0.3) is 5.03 Å². The number of hydrogen-bond acceptors (Lipinski definition) is 2. The Bertz CT molecular complexity index is 457. The Morgan fingerprint density at radius 1 is 1.50 bits per heavy atom. The van der Waals surface area contributed by atoms with Crippen molar-refractivity contribution in [1.82, 2.24) is 0 Å². The van der Waals surface area contributed by atoms with Crippen LogP contribution in [-0.2, 0) is 0 Å². The van der Waals surface area contributed by atoms with Gasteiger partial charge in [0.05, 0.1) is 18.2 Å². The number of allylic oxidation sites excluding steroid dienone is 1. The van der Waals surface area contributed by atoms with E-state index in [1.807, 2.05) is 32.0 Å². The minimum atomic E-state index is 0.477. The molecule has 0 heterocycles. The van der Waals surface area contributed by atoms with E-state index in [4.69, 9.17) is 21.6 Å². The van der Waals surface area contributed by atoms with Crippen molar-refractivity contribution in [2.75, 3.05) is 7.11 Å². The van der Waals surface area contributed by atoms with Gasteiger partial charge in [-0.25, -0.2) is 0 Å². The van der Waals surface area contributed by atoms with Crippen LogP contribution in [0.1, 0.15) is 24.5 Å². The van der Waals surface area contributed by atoms with Gasteiger partial charge in [-0.1, -0.05) is 30.2 Å². The lowest BCUT2D eigenvalue weighted by atomic mass is 10.1. The molecule has 2 nitrogen and oxygen atoms in total. The minimum Gasteiger partial charge on any atom is -0.496 e. The van der Waals surface area contributed by atoms with Crippen LogP contribution in [0.3, 0.4) is 0 Å². The molecule has 0 aliphatic carbocycles. The van der Waals surface area contributed by atoms with Crippen LogP contribution in [0.15, 0.2) is 23.8 Å². The fraction of sp³-hybridized carbons (Fsp3) is 0.308. The van der Waals surface area contributed by atoms with E-state index in [1.54, 1.807) is 7.11 Å². The van der Waals surface area contributed by atoms with E-state index in [1.165, 1.54) is 0 Å². The van der Waals surface area contributed by atoms with Crippen molar-refractivity contribution in [3.8, 4) is 11.8 Å². The van der Waals surface area contributed by atoms with Gasteiger partial charge in [-0.3, -0.25) is 0 Å². The molecule has 0 saturated carbocycles. The molecule has 84 valence electrons. The van der Waals surface area contributed by atoms with Crippen molar-refractivity contribution < 1.29 is 4.74 Å². The highest BCUT2D eigenvalue weighted by Crippen LogP contribution is 2.32. The molecule has 0 amide bonds. The lowest BCUT2D eigenvalue weighted by Gasteiger charge is -2.09. The molecule has 16 heavy (non-hydrogen) atoms. The lowest BCUT2D eigenvalue weighted by Crippen LogP contribution is -1.92. The molecule has 0 atom stereocenters. The highest BCUT2D eigenvalue weighted by Gasteiger charge is 2.11. The molecule has 3 heteroatoms. The van der Waals surface area contributed by atoms with Gasteiger partial charge < -0.3 is 4.74 Å². The van der Waals surface area contributed by atoms with Gasteiger partial charge in [0.2, 0.25) is 0 Å². The van der Waals surface area contributed by atoms with Crippen LogP contribution in [-0.4, -0.2) is 7.11 Å². The largest absolute Gasteiger partial charge is 0.496 e. The molecule has 0 fully saturated rings. The van der Waals surface area contributed by atoms with E-state index < -0.39 is 0 Å². The predicted molar refractivity (Wildman–Crippen MR) is 66.4 cm³/mol. The van der Waals surface area contributed by atoms with Gasteiger partial charge in [0.15, 0.2) is 0 Å². The summed E-state index contributed by atoms with van der Waals surface area (Å²) in [7, 11) is 1.59. The fourth-order valence-corrected chi connectivity index (χ4v) is 1.76. The fourth-order valence-electron chi connectivity index (χ4n) is 1.44. The number of nitriles is 1. The quantitative estimate of drug-likeness (QED) is 0.745. The van der Waals surface area contributed by atoms with Crippen molar-refractivity contribution in [1.29, 1.82) is 5.26 Å². The average Bonchev–Trinajstić information content (AvgIpc) is 2.30. The van der Waals surface area contributed by atoms with Gasteiger partial charge in [0.25, 0.3) is 0 Å². The molecule has 0 N–H and O–H groups in total. The number of ether oxygens (including phenoxy) is 1. The first-order chi connectivity index (χ1) is 7.63. The Balaban J connectivity index is 3.37. The van der Waals surface area contributed by atoms with Gasteiger partial charge in [-0.2, -0.15) is 5.26 Å². The van der Waals surface area contributed by atoms with Gasteiger partial charge in [0.1, 0.15) is 5.75 Å². The van der Waals surface area contributed by atoms with Crippen molar-refractivity contribution in [3.05, 3.63) is 34.9 Å². The normalized spacial score (nSPS) is 11.7. The summed E-state index contributed by atoms with van der Waals surface area (Å²) in [6, 6.07) is 7.85. The topological polar surface area (TPSA) is 33.0 Å². The molecule has 0 spiro atoms. The van der Waals surface area contributed by atoms with Crippen LogP contribution in [0.4, 0.5) is 0 Å². The van der Waals surface area contributed by atoms with Crippen molar-refractivity contribution in [2.24, 2.45) is 0 Å². The molecule has 0 aliphatic heterocycles. The number of halogens is 1. The standard InChI is InChI=1S/C13H14ClNO/c1-4-10(8-15)13(14)11-7-9(2)5-6-12(11)16-3/h5-7H,4H2,1-3H3. The first-order valence-corrected chi connectivity index (χ1v) is 5.45. The third-order valence-electron chi connectivity index (χ3n) is 2.34. The van der Waals surface area contributed by atoms with Crippen LogP contribution >= 0.6 is 11.6 Å². The first kappa shape index (κ1) is 12.6. The minimum absolute atomic E-state index is 0.477. The maximum atomic E-state index is 8.96. The highest BCUT2D eigenvalue weighted by molar-refractivity contribution is 6.49. The zero-order valence-electron chi connectivity index (χ0n) is 9.67. The molecule has 0 radical (unpaired) electrons. The SMILES string of the molecule is CCC(C#N)=C(Cl)c1cc(C)ccc1OC. The predicted octanol–water partition coefficient (Wildman–Crippen LogP) is 3.89. The molecular formula is C13H14ClNO. The summed E-state index contributed by atoms with van der Waals surface area (Å²) in [5, 5.41) is 9.43. The van der Waals surface area contributed by atoms with Crippen LogP contribution < -0.4 is 4.74 Å². The third kappa shape index (κ3) is 2.56. The van der Waals surface area contributed by atoms with Crippen molar-refractivity contribution in [2.45, 2.75) is 20.3 Å². The zero-order chi connectivity index (χ0) is 12.1. The van der Waals surface area contributed by atoms with Crippen molar-refractivity contribution in [3.63, 3.8) is 0 Å². The van der Waals surface area contributed by atoms with E-state index in [-0.39, 0.29) is 0 Å². The Labute approximate surface area is 101 Å². The molecule has 0 saturated heterocycles. The van der Waals surface area contributed by atoms with Gasteiger partial charge in [-0.05, 0) is 25.5 Å². The Morgan fingerprint density at radius 3 is 2.69 bits per heavy atom. The summed E-state index contributed by atoms with van der Waals surface area (Å²) < 4.78 is 5.23. The highest BCUT2D eigenvalue weighted by atomic mass is 35.5. The molecule has 1 aromatic rings. The summed E-state index contributed by atoms with van der Waals surface area (Å²) in [4.78, 5) is 0. The summed E-state index contributed by atoms with van der Waals surface area (Å²) >= 11 is 6.21. The molecular weight excluding hydrogens is 222 g/mol. The van der Waals surface area contributed by atoms with Gasteiger partial charge >= 0.3 is 0 Å². The van der Waals surface area contributed by atoms with E-state index in [0.29, 0.717) is 22.8 Å².